The minimum atomic E-state index is -0.446. The van der Waals surface area contributed by atoms with E-state index in [2.05, 4.69) is 119 Å². The molecule has 192 valence electrons. The second-order valence-corrected chi connectivity index (χ2v) is 9.87. The van der Waals surface area contributed by atoms with Gasteiger partial charge in [-0.15, -0.1) is 13.2 Å². The first kappa shape index (κ1) is 28.7. The molecule has 0 bridgehead atoms. The molecule has 38 heavy (non-hydrogen) atoms. The molecule has 0 aliphatic carbocycles. The number of nitrogens with zero attached hydrogens (tertiary/aromatic N) is 6. The van der Waals surface area contributed by atoms with Crippen molar-refractivity contribution in [3.8, 4) is 0 Å². The summed E-state index contributed by atoms with van der Waals surface area (Å²) in [7, 11) is -0.640. The Bertz CT molecular complexity index is 1220. The average Bonchev–Trinajstić information content (AvgIpc) is 3.78. The van der Waals surface area contributed by atoms with Gasteiger partial charge in [0.05, 0.1) is 0 Å². The zero-order valence-corrected chi connectivity index (χ0v) is 24.1. The van der Waals surface area contributed by atoms with E-state index in [4.69, 9.17) is 0 Å². The van der Waals surface area contributed by atoms with Gasteiger partial charge in [0.15, 0.2) is 0 Å². The van der Waals surface area contributed by atoms with Crippen LogP contribution < -0.4 is 15.9 Å². The van der Waals surface area contributed by atoms with Crippen LogP contribution in [-0.4, -0.2) is 36.2 Å². The van der Waals surface area contributed by atoms with Gasteiger partial charge in [-0.25, -0.2) is 15.3 Å². The van der Waals surface area contributed by atoms with Crippen molar-refractivity contribution in [2.75, 3.05) is 0 Å². The van der Waals surface area contributed by atoms with Crippen molar-refractivity contribution in [2.24, 2.45) is 0 Å². The van der Waals surface area contributed by atoms with E-state index in [1.54, 1.807) is 32.4 Å². The van der Waals surface area contributed by atoms with E-state index in [1.807, 2.05) is 36.8 Å². The molecule has 0 N–H and O–H groups in total. The van der Waals surface area contributed by atoms with Crippen LogP contribution in [0.2, 0.25) is 0 Å². The minimum Gasteiger partial charge on any atom is -0.425 e. The Labute approximate surface area is 238 Å². The van der Waals surface area contributed by atoms with Gasteiger partial charge in [-0.3, -0.25) is 0 Å². The predicted molar refractivity (Wildman–Crippen MR) is 155 cm³/mol. The first-order valence-electron chi connectivity index (χ1n) is 11.8. The molecule has 0 unspecified atom stereocenters. The molecule has 3 heterocycles. The molecule has 0 saturated carbocycles. The maximum absolute atomic E-state index is 4.22. The van der Waals surface area contributed by atoms with Crippen molar-refractivity contribution in [3.63, 3.8) is 0 Å². The Kier molecular flexibility index (Phi) is 11.7. The SMILES string of the molecule is C=C.[Ir].c1ccc(P(c2ccccc2)c2ccccc2)cc1.c1cnn([B-](n2cccn2)n2cccn2)c1. The molecule has 0 spiro atoms. The van der Waals surface area contributed by atoms with Crippen molar-refractivity contribution in [1.29, 1.82) is 0 Å². The van der Waals surface area contributed by atoms with Gasteiger partial charge in [0.1, 0.15) is 0 Å². The third-order valence-electron chi connectivity index (χ3n) is 5.33. The monoisotopic (exact) mass is 695 g/mol. The molecule has 2 radical (unpaired) electrons. The number of hydrogen-bond acceptors (Lipinski definition) is 3. The van der Waals surface area contributed by atoms with Gasteiger partial charge in [0.2, 0.25) is 0 Å². The molecule has 6 nitrogen and oxygen atoms in total. The third-order valence-corrected chi connectivity index (χ3v) is 7.77. The predicted octanol–water partition coefficient (Wildman–Crippen LogP) is 4.45. The topological polar surface area (TPSA) is 53.5 Å². The quantitative estimate of drug-likeness (QED) is 0.147. The van der Waals surface area contributed by atoms with Crippen molar-refractivity contribution in [2.45, 2.75) is 0 Å². The molecule has 6 rings (SSSR count). The maximum Gasteiger partial charge on any atom is 0.260 e. The van der Waals surface area contributed by atoms with Crippen LogP contribution in [0.4, 0.5) is 0 Å². The average molecular weight is 695 g/mol. The molecule has 0 fully saturated rings. The molecule has 6 aromatic rings. The molecule has 0 saturated heterocycles. The zero-order valence-electron chi connectivity index (χ0n) is 20.8. The fraction of sp³-hybridized carbons (Fsp3) is 0. The summed E-state index contributed by atoms with van der Waals surface area (Å²) in [4.78, 5) is 0. The van der Waals surface area contributed by atoms with E-state index in [0.29, 0.717) is 0 Å². The van der Waals surface area contributed by atoms with Crippen LogP contribution >= 0.6 is 7.92 Å². The smallest absolute Gasteiger partial charge is 0.260 e. The van der Waals surface area contributed by atoms with Crippen molar-refractivity contribution in [3.05, 3.63) is 160 Å². The Morgan fingerprint density at radius 3 is 1.00 bits per heavy atom. The van der Waals surface area contributed by atoms with Crippen LogP contribution in [0.25, 0.3) is 0 Å². The Morgan fingerprint density at radius 1 is 0.474 bits per heavy atom. The summed E-state index contributed by atoms with van der Waals surface area (Å²) in [5.74, 6) is 0. The molecule has 9 heteroatoms. The van der Waals surface area contributed by atoms with Crippen LogP contribution in [0.3, 0.4) is 0 Å². The van der Waals surface area contributed by atoms with Gasteiger partial charge in [-0.05, 0) is 60.6 Å². The summed E-state index contributed by atoms with van der Waals surface area (Å²) in [5.41, 5.74) is 0. The van der Waals surface area contributed by atoms with E-state index >= 15 is 0 Å². The Hall–Kier alpha value is -3.83. The van der Waals surface area contributed by atoms with Crippen LogP contribution in [0, 0.1) is 0 Å². The Morgan fingerprint density at radius 2 is 0.763 bits per heavy atom. The van der Waals surface area contributed by atoms with Gasteiger partial charge in [0, 0.05) is 38.7 Å². The summed E-state index contributed by atoms with van der Waals surface area (Å²) in [6, 6.07) is 38.0. The van der Waals surface area contributed by atoms with Crippen LogP contribution in [-0.2, 0) is 20.1 Å². The molecule has 3 aromatic carbocycles. The number of aromatic nitrogens is 6. The normalized spacial score (nSPS) is 10.1. The molecular formula is C29H28BIrN6P-. The van der Waals surface area contributed by atoms with E-state index < -0.39 is 7.92 Å². The molecule has 0 atom stereocenters. The number of hydrogen-bond donors (Lipinski definition) is 0. The first-order valence-corrected chi connectivity index (χ1v) is 13.2. The molecule has 0 aliphatic heterocycles. The van der Waals surface area contributed by atoms with E-state index in [-0.39, 0.29) is 27.2 Å². The zero-order chi connectivity index (χ0) is 25.7. The number of rotatable bonds is 6. The molecule has 0 aliphatic rings. The van der Waals surface area contributed by atoms with E-state index in [9.17, 15) is 0 Å². The van der Waals surface area contributed by atoms with Crippen molar-refractivity contribution >= 4 is 31.0 Å². The second kappa shape index (κ2) is 15.4. The molecule has 3 aromatic heterocycles. The third kappa shape index (κ3) is 7.36. The van der Waals surface area contributed by atoms with Gasteiger partial charge >= 0.3 is 0 Å². The fourth-order valence-electron chi connectivity index (χ4n) is 3.79. The Balaban J connectivity index is 0.000000195. The second-order valence-electron chi connectivity index (χ2n) is 7.65. The minimum absolute atomic E-state index is 0. The van der Waals surface area contributed by atoms with Gasteiger partial charge < -0.3 is 13.8 Å². The van der Waals surface area contributed by atoms with Crippen molar-refractivity contribution < 1.29 is 20.1 Å². The van der Waals surface area contributed by atoms with Crippen LogP contribution in [0.1, 0.15) is 0 Å². The van der Waals surface area contributed by atoms with Crippen molar-refractivity contribution in [1.82, 2.24) is 29.1 Å². The maximum atomic E-state index is 4.22. The molecule has 0 amide bonds. The summed E-state index contributed by atoms with van der Waals surface area (Å²) in [6.07, 6.45) is 10.9. The van der Waals surface area contributed by atoms with Gasteiger partial charge in [-0.1, -0.05) is 91.0 Å². The summed E-state index contributed by atoms with van der Waals surface area (Å²) >= 11 is 0. The summed E-state index contributed by atoms with van der Waals surface area (Å²) < 4.78 is 5.38. The van der Waals surface area contributed by atoms with E-state index in [1.165, 1.54) is 15.9 Å². The standard InChI is InChI=1S/C18H15P.C9H9BN6.C2H4.Ir/c1-4-10-16(11-5-1)19(17-12-6-2-7-13-17)18-14-8-3-9-15-18;1-4-11-14(7-1)10(15-8-2-5-12-15)16-9-3-6-13-16;1-2;/h1-15H;1-9H;1-2H2;/q;-1;;. The summed E-state index contributed by atoms with van der Waals surface area (Å²) in [6.45, 7) is 6.00. The van der Waals surface area contributed by atoms with Crippen LogP contribution in [0.5, 0.6) is 0 Å². The number of benzene rings is 3. The van der Waals surface area contributed by atoms with E-state index in [0.717, 1.165) is 0 Å². The van der Waals surface area contributed by atoms with Crippen LogP contribution in [0.15, 0.2) is 160 Å². The molecular weight excluding hydrogens is 666 g/mol. The van der Waals surface area contributed by atoms with Gasteiger partial charge in [0.25, 0.3) is 7.12 Å². The first-order chi connectivity index (χ1) is 18.4. The van der Waals surface area contributed by atoms with Gasteiger partial charge in [-0.2, -0.15) is 0 Å². The summed E-state index contributed by atoms with van der Waals surface area (Å²) in [5, 5.41) is 16.9. The largest absolute Gasteiger partial charge is 0.425 e. The fourth-order valence-corrected chi connectivity index (χ4v) is 6.10.